The van der Waals surface area contributed by atoms with Crippen molar-refractivity contribution in [2.75, 3.05) is 0 Å². The summed E-state index contributed by atoms with van der Waals surface area (Å²) in [6.45, 7) is 6.64. The van der Waals surface area contributed by atoms with Gasteiger partial charge in [0.05, 0.1) is 6.10 Å². The first kappa shape index (κ1) is 20.3. The molecule has 1 N–H and O–H groups in total. The Morgan fingerprint density at radius 1 is 1.00 bits per heavy atom. The van der Waals surface area contributed by atoms with Gasteiger partial charge in [-0.15, -0.1) is 0 Å². The van der Waals surface area contributed by atoms with Crippen molar-refractivity contribution in [3.63, 3.8) is 0 Å². The van der Waals surface area contributed by atoms with E-state index in [1.807, 2.05) is 60.7 Å². The molecule has 3 rings (SSSR count). The van der Waals surface area contributed by atoms with E-state index >= 15 is 0 Å². The Balaban J connectivity index is 1.98. The molecule has 1 aliphatic rings. The highest BCUT2D eigenvalue weighted by Gasteiger charge is 2.42. The van der Waals surface area contributed by atoms with Crippen molar-refractivity contribution in [3.05, 3.63) is 66.2 Å². The average molecular weight is 386 g/mol. The molecule has 0 aliphatic heterocycles. The summed E-state index contributed by atoms with van der Waals surface area (Å²) in [6, 6.07) is 18.4. The predicted octanol–water partition coefficient (Wildman–Crippen LogP) is 5.76. The molecule has 146 valence electrons. The van der Waals surface area contributed by atoms with Crippen LogP contribution in [0.5, 0.6) is 0 Å². The van der Waals surface area contributed by atoms with E-state index in [0.717, 1.165) is 12.8 Å². The molecule has 0 spiro atoms. The van der Waals surface area contributed by atoms with Gasteiger partial charge in [0.1, 0.15) is 0 Å². The summed E-state index contributed by atoms with van der Waals surface area (Å²) in [6.07, 6.45) is 3.05. The molecule has 1 fully saturated rings. The molecule has 0 bridgehead atoms. The Bertz CT molecular complexity index is 760. The highest BCUT2D eigenvalue weighted by Crippen LogP contribution is 2.60. The van der Waals surface area contributed by atoms with Gasteiger partial charge in [-0.3, -0.25) is 4.57 Å². The second kappa shape index (κ2) is 8.73. The van der Waals surface area contributed by atoms with E-state index in [1.54, 1.807) is 0 Å². The Kier molecular flexibility index (Phi) is 6.57. The van der Waals surface area contributed by atoms with E-state index in [4.69, 9.17) is 4.52 Å². The van der Waals surface area contributed by atoms with Gasteiger partial charge in [0.15, 0.2) is 5.85 Å². The van der Waals surface area contributed by atoms with Crippen LogP contribution < -0.4 is 5.30 Å². The summed E-state index contributed by atoms with van der Waals surface area (Å²) < 4.78 is 20.6. The summed E-state index contributed by atoms with van der Waals surface area (Å²) in [7, 11) is -3.50. The van der Waals surface area contributed by atoms with Crippen LogP contribution in [0.25, 0.3) is 0 Å². The van der Waals surface area contributed by atoms with Crippen molar-refractivity contribution in [1.29, 1.82) is 0 Å². The summed E-state index contributed by atoms with van der Waals surface area (Å²) >= 11 is 0. The molecular weight excluding hydrogens is 355 g/mol. The third kappa shape index (κ3) is 4.54. The lowest BCUT2D eigenvalue weighted by Crippen LogP contribution is -2.35. The fourth-order valence-corrected chi connectivity index (χ4v) is 6.47. The van der Waals surface area contributed by atoms with Gasteiger partial charge in [0, 0.05) is 5.30 Å². The van der Waals surface area contributed by atoms with E-state index in [1.165, 1.54) is 6.42 Å². The first-order valence-corrected chi connectivity index (χ1v) is 11.7. The molecule has 27 heavy (non-hydrogen) atoms. The zero-order valence-corrected chi connectivity index (χ0v) is 17.4. The topological polar surface area (TPSA) is 46.5 Å². The number of aliphatic hydroxyl groups is 1. The lowest BCUT2D eigenvalue weighted by atomic mass is 9.75. The summed E-state index contributed by atoms with van der Waals surface area (Å²) in [5.74, 6) is 0.205. The van der Waals surface area contributed by atoms with Gasteiger partial charge in [0.25, 0.3) is 7.37 Å². The molecular formula is C23H31O3P. The van der Waals surface area contributed by atoms with Gasteiger partial charge in [-0.2, -0.15) is 0 Å². The normalized spacial score (nSPS) is 26.5. The quantitative estimate of drug-likeness (QED) is 0.642. The van der Waals surface area contributed by atoms with Crippen molar-refractivity contribution in [2.24, 2.45) is 17.8 Å². The Morgan fingerprint density at radius 3 is 2.19 bits per heavy atom. The highest BCUT2D eigenvalue weighted by atomic mass is 31.2. The number of hydrogen-bond donors (Lipinski definition) is 1. The average Bonchev–Trinajstić information content (AvgIpc) is 2.68. The molecule has 2 aromatic carbocycles. The molecule has 0 aromatic heterocycles. The number of aliphatic hydroxyl groups excluding tert-OH is 1. The van der Waals surface area contributed by atoms with E-state index < -0.39 is 13.2 Å². The lowest BCUT2D eigenvalue weighted by Gasteiger charge is -2.39. The SMILES string of the molecule is CC(C)[C@@H]1CC[C@@H](C)C[C@H]1OP(=O)(c1ccccc1)C(O)c1ccccc1. The molecule has 0 amide bonds. The standard InChI is InChI=1S/C23H31O3P/c1-17(2)21-15-14-18(3)16-22(21)26-27(25,20-12-8-5-9-13-20)23(24)19-10-6-4-7-11-19/h4-13,17-18,21-24H,14-16H2,1-3H3/t18-,21+,22-,23?,27?/m1/s1. The molecule has 5 atom stereocenters. The van der Waals surface area contributed by atoms with E-state index in [-0.39, 0.29) is 6.10 Å². The smallest absolute Gasteiger partial charge is 0.264 e. The molecule has 1 aliphatic carbocycles. The second-order valence-electron chi connectivity index (χ2n) is 8.19. The van der Waals surface area contributed by atoms with Crippen LogP contribution in [0.15, 0.2) is 60.7 Å². The van der Waals surface area contributed by atoms with Crippen molar-refractivity contribution in [2.45, 2.75) is 52.0 Å². The first-order chi connectivity index (χ1) is 12.9. The zero-order chi connectivity index (χ0) is 19.4. The minimum Gasteiger partial charge on any atom is -0.378 e. The third-order valence-electron chi connectivity index (χ3n) is 5.79. The predicted molar refractivity (Wildman–Crippen MR) is 111 cm³/mol. The summed E-state index contributed by atoms with van der Waals surface area (Å²) in [5.41, 5.74) is 0.634. The maximum atomic E-state index is 14.2. The fourth-order valence-electron chi connectivity index (χ4n) is 4.15. The van der Waals surface area contributed by atoms with Gasteiger partial charge >= 0.3 is 0 Å². The fraction of sp³-hybridized carbons (Fsp3) is 0.478. The van der Waals surface area contributed by atoms with Crippen LogP contribution in [-0.2, 0) is 9.09 Å². The summed E-state index contributed by atoms with van der Waals surface area (Å²) in [5, 5.41) is 11.7. The molecule has 0 radical (unpaired) electrons. The Hall–Kier alpha value is -1.41. The minimum absolute atomic E-state index is 0.0989. The molecule has 1 saturated carbocycles. The number of hydrogen-bond acceptors (Lipinski definition) is 3. The van der Waals surface area contributed by atoms with Gasteiger partial charge < -0.3 is 9.63 Å². The highest BCUT2D eigenvalue weighted by molar-refractivity contribution is 7.67. The van der Waals surface area contributed by atoms with Crippen molar-refractivity contribution < 1.29 is 14.2 Å². The van der Waals surface area contributed by atoms with Gasteiger partial charge in [0.2, 0.25) is 0 Å². The van der Waals surface area contributed by atoms with Crippen molar-refractivity contribution >= 4 is 12.7 Å². The van der Waals surface area contributed by atoms with E-state index in [2.05, 4.69) is 20.8 Å². The van der Waals surface area contributed by atoms with Gasteiger partial charge in [-0.25, -0.2) is 0 Å². The number of benzene rings is 2. The maximum absolute atomic E-state index is 14.2. The first-order valence-electron chi connectivity index (χ1n) is 9.98. The van der Waals surface area contributed by atoms with Crippen molar-refractivity contribution in [1.82, 2.24) is 0 Å². The summed E-state index contributed by atoms with van der Waals surface area (Å²) in [4.78, 5) is 0. The second-order valence-corrected chi connectivity index (χ2v) is 10.6. The third-order valence-corrected chi connectivity index (χ3v) is 8.33. The lowest BCUT2D eigenvalue weighted by molar-refractivity contribution is 0.0427. The number of rotatable bonds is 6. The van der Waals surface area contributed by atoms with Crippen LogP contribution >= 0.6 is 7.37 Å². The maximum Gasteiger partial charge on any atom is 0.264 e. The van der Waals surface area contributed by atoms with Gasteiger partial charge in [-0.05, 0) is 48.3 Å². The molecule has 0 saturated heterocycles. The van der Waals surface area contributed by atoms with Crippen LogP contribution in [0.3, 0.4) is 0 Å². The molecule has 2 unspecified atom stereocenters. The minimum atomic E-state index is -3.50. The Labute approximate surface area is 163 Å². The molecule has 0 heterocycles. The molecule has 2 aromatic rings. The zero-order valence-electron chi connectivity index (χ0n) is 16.5. The van der Waals surface area contributed by atoms with E-state index in [9.17, 15) is 9.67 Å². The van der Waals surface area contributed by atoms with Gasteiger partial charge in [-0.1, -0.05) is 75.7 Å². The van der Waals surface area contributed by atoms with E-state index in [0.29, 0.717) is 28.6 Å². The van der Waals surface area contributed by atoms with Crippen LogP contribution in [0, 0.1) is 17.8 Å². The van der Waals surface area contributed by atoms with Crippen molar-refractivity contribution in [3.8, 4) is 0 Å². The molecule has 4 heteroatoms. The van der Waals surface area contributed by atoms with Crippen LogP contribution in [-0.4, -0.2) is 11.2 Å². The van der Waals surface area contributed by atoms with Crippen LogP contribution in [0.1, 0.15) is 51.4 Å². The monoisotopic (exact) mass is 386 g/mol. The van der Waals surface area contributed by atoms with Crippen LogP contribution in [0.2, 0.25) is 0 Å². The Morgan fingerprint density at radius 2 is 1.59 bits per heavy atom. The molecule has 3 nitrogen and oxygen atoms in total. The van der Waals surface area contributed by atoms with Crippen LogP contribution in [0.4, 0.5) is 0 Å². The largest absolute Gasteiger partial charge is 0.378 e.